The molecule has 22 heavy (non-hydrogen) atoms. The number of nitrogens with zero attached hydrogens (tertiary/aromatic N) is 2. The minimum Gasteiger partial charge on any atom is -0.268 e. The Hall–Kier alpha value is -1.66. The van der Waals surface area contributed by atoms with Crippen LogP contribution in [-0.2, 0) is 10.0 Å². The average molecular weight is 321 g/mol. The first-order valence-electron chi connectivity index (χ1n) is 7.60. The SMILES string of the molecule is CCCCNS(=O)(=O)c1cn(C(C)C)nc1-c1ccccc1. The highest BCUT2D eigenvalue weighted by Gasteiger charge is 2.23. The number of sulfonamides is 1. The van der Waals surface area contributed by atoms with Crippen LogP contribution in [0.3, 0.4) is 0 Å². The third-order valence-corrected chi connectivity index (χ3v) is 4.85. The van der Waals surface area contributed by atoms with E-state index in [9.17, 15) is 8.42 Å². The number of rotatable bonds is 7. The second-order valence-corrected chi connectivity index (χ2v) is 7.27. The van der Waals surface area contributed by atoms with E-state index in [1.165, 1.54) is 0 Å². The van der Waals surface area contributed by atoms with E-state index in [1.807, 2.05) is 51.1 Å². The van der Waals surface area contributed by atoms with Gasteiger partial charge < -0.3 is 0 Å². The minimum absolute atomic E-state index is 0.0991. The first-order chi connectivity index (χ1) is 10.5. The van der Waals surface area contributed by atoms with Gasteiger partial charge in [0.25, 0.3) is 0 Å². The van der Waals surface area contributed by atoms with Crippen LogP contribution >= 0.6 is 0 Å². The van der Waals surface area contributed by atoms with Crippen LogP contribution in [0.1, 0.15) is 39.7 Å². The second-order valence-electron chi connectivity index (χ2n) is 5.53. The van der Waals surface area contributed by atoms with E-state index >= 15 is 0 Å². The maximum absolute atomic E-state index is 12.6. The zero-order chi connectivity index (χ0) is 16.2. The van der Waals surface area contributed by atoms with Crippen molar-refractivity contribution in [3.63, 3.8) is 0 Å². The summed E-state index contributed by atoms with van der Waals surface area (Å²) in [5.41, 5.74) is 1.30. The van der Waals surface area contributed by atoms with Gasteiger partial charge in [-0.2, -0.15) is 5.10 Å². The lowest BCUT2D eigenvalue weighted by Crippen LogP contribution is -2.24. The summed E-state index contributed by atoms with van der Waals surface area (Å²) in [6.45, 7) is 6.42. The molecule has 0 spiro atoms. The lowest BCUT2D eigenvalue weighted by atomic mass is 10.2. The lowest BCUT2D eigenvalue weighted by Gasteiger charge is -2.06. The Morgan fingerprint density at radius 1 is 1.23 bits per heavy atom. The van der Waals surface area contributed by atoms with Crippen molar-refractivity contribution in [2.45, 2.75) is 44.6 Å². The molecule has 0 unspecified atom stereocenters. The van der Waals surface area contributed by atoms with Gasteiger partial charge in [0, 0.05) is 24.3 Å². The minimum atomic E-state index is -3.56. The summed E-state index contributed by atoms with van der Waals surface area (Å²) in [6, 6.07) is 9.50. The molecule has 6 heteroatoms. The third-order valence-electron chi connectivity index (χ3n) is 3.39. The molecule has 0 aliphatic carbocycles. The first kappa shape index (κ1) is 16.7. The van der Waals surface area contributed by atoms with Crippen molar-refractivity contribution < 1.29 is 8.42 Å². The molecule has 0 radical (unpaired) electrons. The summed E-state index contributed by atoms with van der Waals surface area (Å²) in [6.07, 6.45) is 3.37. The van der Waals surface area contributed by atoms with Gasteiger partial charge in [0.15, 0.2) is 0 Å². The molecule has 0 saturated carbocycles. The van der Waals surface area contributed by atoms with Crippen molar-refractivity contribution in [3.8, 4) is 11.3 Å². The molecule has 0 aliphatic heterocycles. The molecule has 1 N–H and O–H groups in total. The van der Waals surface area contributed by atoms with E-state index in [0.717, 1.165) is 18.4 Å². The van der Waals surface area contributed by atoms with Crippen LogP contribution < -0.4 is 4.72 Å². The van der Waals surface area contributed by atoms with E-state index in [0.29, 0.717) is 12.2 Å². The Labute approximate surface area is 132 Å². The Balaban J connectivity index is 2.45. The molecule has 5 nitrogen and oxygen atoms in total. The van der Waals surface area contributed by atoms with E-state index in [2.05, 4.69) is 9.82 Å². The van der Waals surface area contributed by atoms with Gasteiger partial charge in [-0.05, 0) is 20.3 Å². The summed E-state index contributed by atoms with van der Waals surface area (Å²) in [5.74, 6) is 0. The molecule has 1 aromatic heterocycles. The zero-order valence-corrected chi connectivity index (χ0v) is 14.1. The fraction of sp³-hybridized carbons (Fsp3) is 0.438. The van der Waals surface area contributed by atoms with Crippen LogP contribution in [0, 0.1) is 0 Å². The highest BCUT2D eigenvalue weighted by Crippen LogP contribution is 2.26. The number of hydrogen-bond acceptors (Lipinski definition) is 3. The maximum Gasteiger partial charge on any atom is 0.244 e. The van der Waals surface area contributed by atoms with Gasteiger partial charge in [0.05, 0.1) is 0 Å². The van der Waals surface area contributed by atoms with Gasteiger partial charge in [-0.1, -0.05) is 43.7 Å². The number of benzene rings is 1. The van der Waals surface area contributed by atoms with E-state index < -0.39 is 10.0 Å². The van der Waals surface area contributed by atoms with Gasteiger partial charge in [0.2, 0.25) is 10.0 Å². The molecule has 0 aliphatic rings. The van der Waals surface area contributed by atoms with E-state index in [1.54, 1.807) is 10.9 Å². The van der Waals surface area contributed by atoms with Crippen molar-refractivity contribution in [1.29, 1.82) is 0 Å². The van der Waals surface area contributed by atoms with Crippen molar-refractivity contribution >= 4 is 10.0 Å². The Kier molecular flexibility index (Phi) is 5.37. The molecule has 0 saturated heterocycles. The standard InChI is InChI=1S/C16H23N3O2S/c1-4-5-11-17-22(20,21)15-12-19(13(2)3)18-16(15)14-9-7-6-8-10-14/h6-10,12-13,17H,4-5,11H2,1-3H3. The molecule has 1 aromatic carbocycles. The van der Waals surface area contributed by atoms with Crippen LogP contribution in [0.5, 0.6) is 0 Å². The maximum atomic E-state index is 12.6. The zero-order valence-electron chi connectivity index (χ0n) is 13.3. The molecule has 0 atom stereocenters. The third kappa shape index (κ3) is 3.75. The van der Waals surface area contributed by atoms with Crippen molar-refractivity contribution in [2.75, 3.05) is 6.54 Å². The number of nitrogens with one attached hydrogen (secondary N) is 1. The largest absolute Gasteiger partial charge is 0.268 e. The topological polar surface area (TPSA) is 64.0 Å². The predicted octanol–water partition coefficient (Wildman–Crippen LogP) is 3.21. The molecule has 120 valence electrons. The molecule has 0 amide bonds. The van der Waals surface area contributed by atoms with Crippen LogP contribution in [0.2, 0.25) is 0 Å². The van der Waals surface area contributed by atoms with Gasteiger partial charge in [-0.15, -0.1) is 0 Å². The number of unbranched alkanes of at least 4 members (excludes halogenated alkanes) is 1. The molecule has 2 aromatic rings. The molecular formula is C16H23N3O2S. The van der Waals surface area contributed by atoms with Crippen molar-refractivity contribution in [3.05, 3.63) is 36.5 Å². The Morgan fingerprint density at radius 2 is 1.91 bits per heavy atom. The van der Waals surface area contributed by atoms with Gasteiger partial charge in [-0.3, -0.25) is 4.68 Å². The molecule has 2 rings (SSSR count). The lowest BCUT2D eigenvalue weighted by molar-refractivity contribution is 0.532. The first-order valence-corrected chi connectivity index (χ1v) is 9.08. The highest BCUT2D eigenvalue weighted by atomic mass is 32.2. The van der Waals surface area contributed by atoms with Crippen molar-refractivity contribution in [2.24, 2.45) is 0 Å². The van der Waals surface area contributed by atoms with Crippen LogP contribution in [0.4, 0.5) is 0 Å². The Morgan fingerprint density at radius 3 is 2.50 bits per heavy atom. The van der Waals surface area contributed by atoms with Crippen LogP contribution in [-0.4, -0.2) is 24.7 Å². The van der Waals surface area contributed by atoms with Crippen LogP contribution in [0.25, 0.3) is 11.3 Å². The van der Waals surface area contributed by atoms with Gasteiger partial charge >= 0.3 is 0 Å². The number of hydrogen-bond donors (Lipinski definition) is 1. The predicted molar refractivity (Wildman–Crippen MR) is 88.1 cm³/mol. The Bertz CT molecular complexity index is 706. The second kappa shape index (κ2) is 7.07. The van der Waals surface area contributed by atoms with Gasteiger partial charge in [-0.25, -0.2) is 13.1 Å². The fourth-order valence-electron chi connectivity index (χ4n) is 2.09. The summed E-state index contributed by atoms with van der Waals surface area (Å²) in [7, 11) is -3.56. The molecule has 1 heterocycles. The summed E-state index contributed by atoms with van der Waals surface area (Å²) < 4.78 is 29.5. The number of aromatic nitrogens is 2. The highest BCUT2D eigenvalue weighted by molar-refractivity contribution is 7.89. The fourth-order valence-corrected chi connectivity index (χ4v) is 3.32. The summed E-state index contributed by atoms with van der Waals surface area (Å²) in [5, 5.41) is 4.47. The normalized spacial score (nSPS) is 12.0. The molecule has 0 bridgehead atoms. The molecular weight excluding hydrogens is 298 g/mol. The summed E-state index contributed by atoms with van der Waals surface area (Å²) in [4.78, 5) is 0.239. The van der Waals surface area contributed by atoms with Crippen molar-refractivity contribution in [1.82, 2.24) is 14.5 Å². The smallest absolute Gasteiger partial charge is 0.244 e. The average Bonchev–Trinajstić information content (AvgIpc) is 2.94. The van der Waals surface area contributed by atoms with E-state index in [-0.39, 0.29) is 10.9 Å². The summed E-state index contributed by atoms with van der Waals surface area (Å²) >= 11 is 0. The van der Waals surface area contributed by atoms with E-state index in [4.69, 9.17) is 0 Å². The monoisotopic (exact) mass is 321 g/mol. The van der Waals surface area contributed by atoms with Crippen LogP contribution in [0.15, 0.2) is 41.4 Å². The molecule has 0 fully saturated rings. The quantitative estimate of drug-likeness (QED) is 0.796. The van der Waals surface area contributed by atoms with Gasteiger partial charge in [0.1, 0.15) is 10.6 Å².